The number of nitrogens with two attached hydrogens (primary N) is 1. The number of hydrogen-bond donors (Lipinski definition) is 3. The molecule has 0 amide bonds. The Morgan fingerprint density at radius 1 is 1.53 bits per heavy atom. The number of hydrogen-bond acceptors (Lipinski definition) is 3. The standard InChI is InChI=1S/C12H19N3O2/c1-6-3-9-10(4-7(6)2)15-11(14-9)5-8(13)12(16)17/h6-8H,3-5,13H2,1-2H3,(H,14,15)(H,16,17)/t6?,7?,8-/m0/s1. The summed E-state index contributed by atoms with van der Waals surface area (Å²) >= 11 is 0. The lowest BCUT2D eigenvalue weighted by Gasteiger charge is -2.24. The minimum Gasteiger partial charge on any atom is -0.480 e. The molecule has 2 rings (SSSR count). The van der Waals surface area contributed by atoms with Crippen molar-refractivity contribution in [2.75, 3.05) is 0 Å². The molecule has 0 saturated heterocycles. The molecule has 5 nitrogen and oxygen atoms in total. The second-order valence-corrected chi connectivity index (χ2v) is 5.12. The van der Waals surface area contributed by atoms with Crippen molar-refractivity contribution in [3.63, 3.8) is 0 Å². The molecule has 0 fully saturated rings. The number of carbonyl (C=O) groups is 1. The van der Waals surface area contributed by atoms with Gasteiger partial charge in [-0.1, -0.05) is 13.8 Å². The third-order valence-electron chi connectivity index (χ3n) is 3.66. The molecule has 1 aliphatic carbocycles. The summed E-state index contributed by atoms with van der Waals surface area (Å²) in [4.78, 5) is 18.4. The van der Waals surface area contributed by atoms with E-state index in [4.69, 9.17) is 10.8 Å². The first kappa shape index (κ1) is 12.1. The fourth-order valence-electron chi connectivity index (χ4n) is 2.26. The minimum atomic E-state index is -0.985. The van der Waals surface area contributed by atoms with Gasteiger partial charge in [-0.05, 0) is 24.7 Å². The monoisotopic (exact) mass is 237 g/mol. The van der Waals surface area contributed by atoms with Gasteiger partial charge in [-0.15, -0.1) is 0 Å². The van der Waals surface area contributed by atoms with Crippen molar-refractivity contribution in [2.45, 2.75) is 39.2 Å². The number of aliphatic carboxylic acids is 1. The number of carboxylic acids is 1. The van der Waals surface area contributed by atoms with Crippen molar-refractivity contribution in [1.82, 2.24) is 9.97 Å². The second-order valence-electron chi connectivity index (χ2n) is 5.12. The number of rotatable bonds is 3. The Morgan fingerprint density at radius 2 is 2.18 bits per heavy atom. The first-order chi connectivity index (χ1) is 7.97. The number of nitrogens with zero attached hydrogens (tertiary/aromatic N) is 1. The number of H-pyrrole nitrogens is 1. The Bertz CT molecular complexity index is 400. The van der Waals surface area contributed by atoms with Crippen LogP contribution in [0.25, 0.3) is 0 Å². The van der Waals surface area contributed by atoms with Gasteiger partial charge in [-0.3, -0.25) is 4.79 Å². The van der Waals surface area contributed by atoms with E-state index in [0.29, 0.717) is 17.7 Å². The number of imidazole rings is 1. The molecule has 94 valence electrons. The van der Waals surface area contributed by atoms with E-state index < -0.39 is 12.0 Å². The van der Waals surface area contributed by atoms with Crippen LogP contribution >= 0.6 is 0 Å². The van der Waals surface area contributed by atoms with Gasteiger partial charge in [0.2, 0.25) is 0 Å². The van der Waals surface area contributed by atoms with Crippen LogP contribution in [0, 0.1) is 11.8 Å². The van der Waals surface area contributed by atoms with Crippen LogP contribution in [0.5, 0.6) is 0 Å². The molecule has 0 aliphatic heterocycles. The molecule has 17 heavy (non-hydrogen) atoms. The Morgan fingerprint density at radius 3 is 2.82 bits per heavy atom. The van der Waals surface area contributed by atoms with Gasteiger partial charge in [-0.2, -0.15) is 0 Å². The number of aromatic nitrogens is 2. The summed E-state index contributed by atoms with van der Waals surface area (Å²) in [6, 6.07) is -0.877. The highest BCUT2D eigenvalue weighted by Crippen LogP contribution is 2.28. The number of nitrogens with one attached hydrogen (secondary N) is 1. The lowest BCUT2D eigenvalue weighted by Crippen LogP contribution is -2.32. The molecule has 1 aliphatic rings. The van der Waals surface area contributed by atoms with E-state index in [0.717, 1.165) is 24.2 Å². The molecule has 0 radical (unpaired) electrons. The lowest BCUT2D eigenvalue weighted by molar-refractivity contribution is -0.138. The van der Waals surface area contributed by atoms with Gasteiger partial charge in [-0.25, -0.2) is 4.98 Å². The van der Waals surface area contributed by atoms with Gasteiger partial charge in [0.1, 0.15) is 11.9 Å². The maximum Gasteiger partial charge on any atom is 0.320 e. The van der Waals surface area contributed by atoms with Gasteiger partial charge in [0.15, 0.2) is 0 Å². The van der Waals surface area contributed by atoms with Crippen LogP contribution in [0.1, 0.15) is 31.1 Å². The van der Waals surface area contributed by atoms with Crippen LogP contribution in [-0.2, 0) is 24.1 Å². The highest BCUT2D eigenvalue weighted by molar-refractivity contribution is 5.73. The SMILES string of the molecule is CC1Cc2nc(C[C@H](N)C(=O)O)[nH]c2CC1C. The number of carboxylic acid groups (broad SMARTS) is 1. The van der Waals surface area contributed by atoms with Crippen LogP contribution in [0.4, 0.5) is 0 Å². The summed E-state index contributed by atoms with van der Waals surface area (Å²) in [6.45, 7) is 4.46. The van der Waals surface area contributed by atoms with Crippen molar-refractivity contribution < 1.29 is 9.90 Å². The first-order valence-corrected chi connectivity index (χ1v) is 6.02. The lowest BCUT2D eigenvalue weighted by atomic mass is 9.82. The summed E-state index contributed by atoms with van der Waals surface area (Å²) in [6.07, 6.45) is 2.23. The van der Waals surface area contributed by atoms with Crippen LogP contribution in [0.3, 0.4) is 0 Å². The predicted octanol–water partition coefficient (Wildman–Crippen LogP) is 0.735. The largest absolute Gasteiger partial charge is 0.480 e. The zero-order valence-electron chi connectivity index (χ0n) is 10.2. The predicted molar refractivity (Wildman–Crippen MR) is 63.6 cm³/mol. The maximum absolute atomic E-state index is 10.7. The van der Waals surface area contributed by atoms with Gasteiger partial charge >= 0.3 is 5.97 Å². The van der Waals surface area contributed by atoms with E-state index in [1.54, 1.807) is 0 Å². The fraction of sp³-hybridized carbons (Fsp3) is 0.667. The van der Waals surface area contributed by atoms with Gasteiger partial charge in [0, 0.05) is 12.1 Å². The van der Waals surface area contributed by atoms with Crippen LogP contribution in [-0.4, -0.2) is 27.1 Å². The van der Waals surface area contributed by atoms with Gasteiger partial charge in [0.25, 0.3) is 0 Å². The normalized spacial score (nSPS) is 25.4. The van der Waals surface area contributed by atoms with Crippen LogP contribution in [0.2, 0.25) is 0 Å². The van der Waals surface area contributed by atoms with Crippen molar-refractivity contribution in [3.05, 3.63) is 17.2 Å². The molecule has 5 heteroatoms. The van der Waals surface area contributed by atoms with Crippen molar-refractivity contribution in [2.24, 2.45) is 17.6 Å². The molecule has 3 atom stereocenters. The summed E-state index contributed by atoms with van der Waals surface area (Å²) in [5.41, 5.74) is 7.74. The molecule has 0 spiro atoms. The van der Waals surface area contributed by atoms with Gasteiger partial charge < -0.3 is 15.8 Å². The van der Waals surface area contributed by atoms with E-state index in [1.807, 2.05) is 0 Å². The third kappa shape index (κ3) is 2.49. The van der Waals surface area contributed by atoms with Crippen molar-refractivity contribution >= 4 is 5.97 Å². The summed E-state index contributed by atoms with van der Waals surface area (Å²) in [5.74, 6) is 0.989. The summed E-state index contributed by atoms with van der Waals surface area (Å²) in [5, 5.41) is 8.76. The third-order valence-corrected chi connectivity index (χ3v) is 3.66. The quantitative estimate of drug-likeness (QED) is 0.722. The second kappa shape index (κ2) is 4.49. The van der Waals surface area contributed by atoms with E-state index >= 15 is 0 Å². The molecular weight excluding hydrogens is 218 g/mol. The number of fused-ring (bicyclic) bond motifs is 1. The Balaban J connectivity index is 2.13. The molecule has 0 saturated carbocycles. The first-order valence-electron chi connectivity index (χ1n) is 6.02. The smallest absolute Gasteiger partial charge is 0.320 e. The molecular formula is C12H19N3O2. The molecule has 1 heterocycles. The number of aromatic amines is 1. The van der Waals surface area contributed by atoms with Crippen LogP contribution < -0.4 is 5.73 Å². The van der Waals surface area contributed by atoms with E-state index in [-0.39, 0.29) is 6.42 Å². The Kier molecular flexibility index (Phi) is 3.19. The minimum absolute atomic E-state index is 0.269. The molecule has 0 bridgehead atoms. The fourth-order valence-corrected chi connectivity index (χ4v) is 2.26. The van der Waals surface area contributed by atoms with E-state index in [2.05, 4.69) is 23.8 Å². The van der Waals surface area contributed by atoms with E-state index in [1.165, 1.54) is 0 Å². The topological polar surface area (TPSA) is 92.0 Å². The molecule has 4 N–H and O–H groups in total. The van der Waals surface area contributed by atoms with Gasteiger partial charge in [0.05, 0.1) is 5.69 Å². The van der Waals surface area contributed by atoms with Crippen LogP contribution in [0.15, 0.2) is 0 Å². The van der Waals surface area contributed by atoms with Crippen molar-refractivity contribution in [3.8, 4) is 0 Å². The Hall–Kier alpha value is -1.36. The highest BCUT2D eigenvalue weighted by Gasteiger charge is 2.25. The molecule has 0 aromatic carbocycles. The molecule has 2 unspecified atom stereocenters. The summed E-state index contributed by atoms with van der Waals surface area (Å²) < 4.78 is 0. The summed E-state index contributed by atoms with van der Waals surface area (Å²) in [7, 11) is 0. The van der Waals surface area contributed by atoms with Crippen molar-refractivity contribution in [1.29, 1.82) is 0 Å². The zero-order chi connectivity index (χ0) is 12.6. The highest BCUT2D eigenvalue weighted by atomic mass is 16.4. The Labute approximate surface area is 100 Å². The average Bonchev–Trinajstić information content (AvgIpc) is 2.60. The maximum atomic E-state index is 10.7. The molecule has 1 aromatic heterocycles. The van der Waals surface area contributed by atoms with E-state index in [9.17, 15) is 4.79 Å². The average molecular weight is 237 g/mol. The zero-order valence-corrected chi connectivity index (χ0v) is 10.2. The molecule has 1 aromatic rings.